The fourth-order valence-electron chi connectivity index (χ4n) is 6.48. The molecule has 3 N–H and O–H groups in total. The third kappa shape index (κ3) is 7.50. The highest BCUT2D eigenvalue weighted by molar-refractivity contribution is 7.52. The van der Waals surface area contributed by atoms with Gasteiger partial charge in [-0.05, 0) is 57.8 Å². The summed E-state index contributed by atoms with van der Waals surface area (Å²) in [6.07, 6.45) is -0.341. The number of thiophene rings is 1. The number of benzene rings is 3. The minimum absolute atomic E-state index is 0.0673. The van der Waals surface area contributed by atoms with Crippen molar-refractivity contribution in [3.63, 3.8) is 0 Å². The Bertz CT molecular complexity index is 2100. The summed E-state index contributed by atoms with van der Waals surface area (Å²) in [7, 11) is -5.81. The van der Waals surface area contributed by atoms with Gasteiger partial charge in [-0.15, -0.1) is 11.3 Å². The van der Waals surface area contributed by atoms with Gasteiger partial charge < -0.3 is 29.6 Å². The van der Waals surface area contributed by atoms with Crippen LogP contribution in [0.25, 0.3) is 10.1 Å². The zero-order valence-corrected chi connectivity index (χ0v) is 30.8. The van der Waals surface area contributed by atoms with Crippen molar-refractivity contribution < 1.29 is 46.6 Å². The molecule has 0 saturated carbocycles. The summed E-state index contributed by atoms with van der Waals surface area (Å²) >= 11 is 6.99. The Morgan fingerprint density at radius 3 is 2.42 bits per heavy atom. The number of carbonyl (C=O) groups excluding carboxylic acids is 3. The number of nitrogens with zero attached hydrogens (tertiary/aromatic N) is 2. The quantitative estimate of drug-likeness (QED) is 0.180. The fourth-order valence-corrected chi connectivity index (χ4v) is 8.09. The second-order valence-electron chi connectivity index (χ2n) is 14.0. The SMILES string of the molecule is CC(C)(C)[C@H](NC(=O)c1cc2cc(C(F)(F)P(=O)(O)O)ccc2s1)C(=O)N1Cc2ccccc2C[C@H]1C(=O)N1CCOC(c2ccc(F)c(Cl)c2)C1. The normalized spacial score (nSPS) is 18.9. The number of hydrogen-bond donors (Lipinski definition) is 3. The number of rotatable bonds is 7. The summed E-state index contributed by atoms with van der Waals surface area (Å²) in [5.74, 6) is -2.04. The first-order chi connectivity index (χ1) is 24.3. The fraction of sp³-hybridized carbons (Fsp3) is 0.361. The Morgan fingerprint density at radius 1 is 1.04 bits per heavy atom. The molecule has 10 nitrogen and oxygen atoms in total. The van der Waals surface area contributed by atoms with Gasteiger partial charge in [0.25, 0.3) is 5.91 Å². The summed E-state index contributed by atoms with van der Waals surface area (Å²) < 4.78 is 60.5. The molecule has 0 radical (unpaired) electrons. The third-order valence-electron chi connectivity index (χ3n) is 9.35. The van der Waals surface area contributed by atoms with E-state index in [1.165, 1.54) is 29.2 Å². The molecule has 0 bridgehead atoms. The molecule has 3 aromatic carbocycles. The Balaban J connectivity index is 1.27. The van der Waals surface area contributed by atoms with Crippen LogP contribution in [-0.2, 0) is 37.5 Å². The maximum absolute atomic E-state index is 14.6. The zero-order chi connectivity index (χ0) is 37.7. The summed E-state index contributed by atoms with van der Waals surface area (Å²) in [5.41, 5.74) is -3.80. The van der Waals surface area contributed by atoms with E-state index in [-0.39, 0.29) is 53.9 Å². The molecule has 4 aromatic rings. The number of nitrogens with one attached hydrogen (secondary N) is 1. The molecule has 2 aliphatic rings. The van der Waals surface area contributed by atoms with Crippen LogP contribution in [0, 0.1) is 11.2 Å². The summed E-state index contributed by atoms with van der Waals surface area (Å²) in [4.78, 5) is 64.2. The average molecular weight is 778 g/mol. The number of hydrogen-bond acceptors (Lipinski definition) is 6. The molecule has 276 valence electrons. The minimum atomic E-state index is -5.81. The Hall–Kier alpha value is -3.78. The van der Waals surface area contributed by atoms with E-state index in [2.05, 4.69) is 5.32 Å². The lowest BCUT2D eigenvalue weighted by Gasteiger charge is -2.43. The molecule has 1 saturated heterocycles. The monoisotopic (exact) mass is 777 g/mol. The van der Waals surface area contributed by atoms with E-state index in [1.54, 1.807) is 31.7 Å². The van der Waals surface area contributed by atoms with Crippen molar-refractivity contribution in [1.29, 1.82) is 0 Å². The van der Waals surface area contributed by atoms with Gasteiger partial charge in [0.2, 0.25) is 11.8 Å². The Kier molecular flexibility index (Phi) is 10.4. The molecular weight excluding hydrogens is 742 g/mol. The summed E-state index contributed by atoms with van der Waals surface area (Å²) in [6.45, 7) is 6.03. The van der Waals surface area contributed by atoms with Crippen LogP contribution in [-0.4, -0.2) is 69.1 Å². The lowest BCUT2D eigenvalue weighted by Crippen LogP contribution is -2.61. The van der Waals surface area contributed by atoms with Crippen LogP contribution in [0.4, 0.5) is 13.2 Å². The van der Waals surface area contributed by atoms with Gasteiger partial charge in [0, 0.05) is 29.8 Å². The van der Waals surface area contributed by atoms with Crippen LogP contribution in [0.15, 0.2) is 66.7 Å². The van der Waals surface area contributed by atoms with Crippen LogP contribution >= 0.6 is 30.5 Å². The molecule has 3 heterocycles. The van der Waals surface area contributed by atoms with E-state index in [4.69, 9.17) is 16.3 Å². The molecule has 16 heteroatoms. The summed E-state index contributed by atoms with van der Waals surface area (Å²) in [6, 6.07) is 14.1. The smallest absolute Gasteiger partial charge is 0.370 e. The predicted octanol–water partition coefficient (Wildman–Crippen LogP) is 6.62. The van der Waals surface area contributed by atoms with Crippen LogP contribution in [0.2, 0.25) is 5.02 Å². The molecule has 2 aliphatic heterocycles. The predicted molar refractivity (Wildman–Crippen MR) is 190 cm³/mol. The second kappa shape index (κ2) is 14.2. The van der Waals surface area contributed by atoms with Gasteiger partial charge in [-0.3, -0.25) is 18.9 Å². The maximum Gasteiger partial charge on any atom is 0.399 e. The lowest BCUT2D eigenvalue weighted by atomic mass is 9.84. The van der Waals surface area contributed by atoms with Gasteiger partial charge in [-0.2, -0.15) is 8.78 Å². The van der Waals surface area contributed by atoms with E-state index in [1.807, 2.05) is 24.3 Å². The highest BCUT2D eigenvalue weighted by Crippen LogP contribution is 2.59. The maximum atomic E-state index is 14.6. The van der Waals surface area contributed by atoms with Gasteiger partial charge in [-0.1, -0.05) is 68.8 Å². The Morgan fingerprint density at radius 2 is 1.75 bits per heavy atom. The number of morpholine rings is 1. The van der Waals surface area contributed by atoms with Gasteiger partial charge in [0.1, 0.15) is 24.0 Å². The molecule has 52 heavy (non-hydrogen) atoms. The van der Waals surface area contributed by atoms with Crippen LogP contribution in [0.3, 0.4) is 0 Å². The van der Waals surface area contributed by atoms with Gasteiger partial charge in [0.05, 0.1) is 23.1 Å². The van der Waals surface area contributed by atoms with Crippen LogP contribution < -0.4 is 5.32 Å². The van der Waals surface area contributed by atoms with Crippen molar-refractivity contribution in [3.8, 4) is 0 Å². The number of amides is 3. The molecule has 3 amide bonds. The number of fused-ring (bicyclic) bond motifs is 2. The van der Waals surface area contributed by atoms with Crippen molar-refractivity contribution >= 4 is 58.3 Å². The first-order valence-electron chi connectivity index (χ1n) is 16.4. The van der Waals surface area contributed by atoms with Gasteiger partial charge in [-0.25, -0.2) is 4.39 Å². The Labute approximate surface area is 306 Å². The first-order valence-corrected chi connectivity index (χ1v) is 19.2. The molecule has 1 unspecified atom stereocenters. The number of carbonyl (C=O) groups is 3. The zero-order valence-electron chi connectivity index (χ0n) is 28.3. The number of ether oxygens (including phenoxy) is 1. The van der Waals surface area contributed by atoms with E-state index < -0.39 is 60.1 Å². The molecular formula is C36H36ClF3N3O7PS. The highest BCUT2D eigenvalue weighted by Gasteiger charge is 2.50. The van der Waals surface area contributed by atoms with Gasteiger partial charge >= 0.3 is 13.3 Å². The number of alkyl halides is 2. The topological polar surface area (TPSA) is 136 Å². The standard InChI is InChI=1S/C36H36ClF3N3O7PS/c1-35(2,3)31(41-32(44)30-17-23-14-24(9-11-29(23)52-30)36(39,40)51(47,48)49)34(46)43-18-22-7-5-4-6-20(22)16-27(43)33(45)42-12-13-50-28(19-42)21-8-10-26(38)25(37)15-21/h4-11,14-15,17,27-28,31H,12-13,16,18-19H2,1-3H3,(H,41,44)(H2,47,48,49)/t27-,28?,31+/m0/s1. The second-order valence-corrected chi connectivity index (χ2v) is 17.1. The third-order valence-corrected chi connectivity index (χ3v) is 11.7. The lowest BCUT2D eigenvalue weighted by molar-refractivity contribution is -0.153. The highest BCUT2D eigenvalue weighted by atomic mass is 35.5. The largest absolute Gasteiger partial charge is 0.399 e. The molecule has 1 fully saturated rings. The molecule has 0 aliphatic carbocycles. The van der Waals surface area contributed by atoms with E-state index >= 15 is 0 Å². The van der Waals surface area contributed by atoms with Crippen LogP contribution in [0.5, 0.6) is 0 Å². The van der Waals surface area contributed by atoms with E-state index in [0.29, 0.717) is 10.3 Å². The van der Waals surface area contributed by atoms with Crippen LogP contribution in [0.1, 0.15) is 58.8 Å². The average Bonchev–Trinajstić information content (AvgIpc) is 3.53. The summed E-state index contributed by atoms with van der Waals surface area (Å²) in [5, 5.41) is 2.92. The van der Waals surface area contributed by atoms with Gasteiger partial charge in [0.15, 0.2) is 0 Å². The number of halogens is 4. The van der Waals surface area contributed by atoms with Crippen molar-refractivity contribution in [2.45, 2.75) is 57.6 Å². The first kappa shape index (κ1) is 38.0. The molecule has 3 atom stereocenters. The van der Waals surface area contributed by atoms with Crippen molar-refractivity contribution in [1.82, 2.24) is 15.1 Å². The van der Waals surface area contributed by atoms with Crippen molar-refractivity contribution in [2.24, 2.45) is 5.41 Å². The van der Waals surface area contributed by atoms with Crippen molar-refractivity contribution in [3.05, 3.63) is 105 Å². The minimum Gasteiger partial charge on any atom is -0.370 e. The van der Waals surface area contributed by atoms with E-state index in [0.717, 1.165) is 34.6 Å². The van der Waals surface area contributed by atoms with E-state index in [9.17, 15) is 41.9 Å². The molecule has 0 spiro atoms. The molecule has 1 aromatic heterocycles. The van der Waals surface area contributed by atoms with Crippen molar-refractivity contribution in [2.75, 3.05) is 19.7 Å². The molecule has 6 rings (SSSR count).